The molecule has 1 aliphatic rings. The number of benzene rings is 1. The third-order valence-electron chi connectivity index (χ3n) is 3.80. The average molecular weight is 462 g/mol. The zero-order chi connectivity index (χ0) is 20.0. The number of oxime groups is 1. The zero-order valence-corrected chi connectivity index (χ0v) is 19.7. The molecule has 0 aromatic heterocycles. The number of aliphatic hydroxyl groups is 4. The third-order valence-corrected chi connectivity index (χ3v) is 5.23. The first-order valence-corrected chi connectivity index (χ1v) is 10.1. The summed E-state index contributed by atoms with van der Waals surface area (Å²) >= 11 is 0.726. The minimum absolute atomic E-state index is 0. The van der Waals surface area contributed by atoms with Gasteiger partial charge < -0.3 is 29.7 Å². The molecule has 152 valence electrons. The molecule has 0 aliphatic carbocycles. The van der Waals surface area contributed by atoms with Crippen molar-refractivity contribution in [3.63, 3.8) is 0 Å². The molecule has 1 aliphatic heterocycles. The van der Waals surface area contributed by atoms with Crippen LogP contribution < -0.4 is 51.4 Å². The summed E-state index contributed by atoms with van der Waals surface area (Å²) in [4.78, 5) is 0. The summed E-state index contributed by atoms with van der Waals surface area (Å²) in [6, 6.07) is 9.13. The molecule has 4 N–H and O–H groups in total. The molecule has 1 heterocycles. The first kappa shape index (κ1) is 26.4. The van der Waals surface area contributed by atoms with Gasteiger partial charge in [-0.2, -0.15) is 8.42 Å². The van der Waals surface area contributed by atoms with Crippen molar-refractivity contribution in [2.24, 2.45) is 5.16 Å². The van der Waals surface area contributed by atoms with E-state index in [4.69, 9.17) is 4.74 Å². The van der Waals surface area contributed by atoms with Gasteiger partial charge >= 0.3 is 51.4 Å². The summed E-state index contributed by atoms with van der Waals surface area (Å²) in [5.41, 5.74) is -0.266. The average Bonchev–Trinajstić information content (AvgIpc) is 2.64. The maximum Gasteiger partial charge on any atom is 1.00 e. The number of thioether (sulfide) groups is 1. The van der Waals surface area contributed by atoms with E-state index in [9.17, 15) is 33.4 Å². The van der Waals surface area contributed by atoms with Crippen LogP contribution in [0.4, 0.5) is 0 Å². The van der Waals surface area contributed by atoms with Gasteiger partial charge in [0.2, 0.25) is 0 Å². The molecule has 13 heteroatoms. The second-order valence-electron chi connectivity index (χ2n) is 5.77. The van der Waals surface area contributed by atoms with Gasteiger partial charge in [0.1, 0.15) is 34.9 Å². The van der Waals surface area contributed by atoms with Crippen LogP contribution in [0.1, 0.15) is 12.0 Å². The van der Waals surface area contributed by atoms with Gasteiger partial charge in [-0.3, -0.25) is 4.28 Å². The Kier molecular flexibility index (Phi) is 11.6. The van der Waals surface area contributed by atoms with Gasteiger partial charge in [-0.15, -0.1) is 0 Å². The van der Waals surface area contributed by atoms with Crippen LogP contribution >= 0.6 is 11.8 Å². The smallest absolute Gasteiger partial charge is 0.714 e. The van der Waals surface area contributed by atoms with Crippen LogP contribution in [0.5, 0.6) is 0 Å². The topological polar surface area (TPSA) is 169 Å². The molecule has 0 amide bonds. The molecular weight excluding hydrogens is 441 g/mol. The van der Waals surface area contributed by atoms with E-state index in [2.05, 4.69) is 9.44 Å². The van der Waals surface area contributed by atoms with E-state index in [0.717, 1.165) is 17.3 Å². The number of hydrogen-bond acceptors (Lipinski definition) is 11. The third kappa shape index (κ3) is 8.26. The van der Waals surface area contributed by atoms with Crippen molar-refractivity contribution in [2.75, 3.05) is 6.61 Å². The van der Waals surface area contributed by atoms with Gasteiger partial charge in [-0.05, 0) is 12.0 Å². The van der Waals surface area contributed by atoms with E-state index < -0.39 is 46.9 Å². The largest absolute Gasteiger partial charge is 1.00 e. The molecule has 5 atom stereocenters. The first-order valence-electron chi connectivity index (χ1n) is 7.93. The van der Waals surface area contributed by atoms with Crippen molar-refractivity contribution in [1.82, 2.24) is 0 Å². The SMILES string of the molecule is O=S(=O)([O-])O/N=C(\CCc1ccccc1)SC1OC(CO)C(O)C(O)C1O.[K+]. The number of nitrogens with zero attached hydrogens (tertiary/aromatic N) is 1. The maximum atomic E-state index is 10.7. The molecule has 28 heavy (non-hydrogen) atoms. The first-order chi connectivity index (χ1) is 12.7. The predicted molar refractivity (Wildman–Crippen MR) is 94.3 cm³/mol. The Balaban J connectivity index is 0.00000392. The van der Waals surface area contributed by atoms with Gasteiger partial charge in [0.05, 0.1) is 6.61 Å². The zero-order valence-electron chi connectivity index (χ0n) is 15.0. The predicted octanol–water partition coefficient (Wildman–Crippen LogP) is -4.05. The van der Waals surface area contributed by atoms with E-state index in [1.54, 1.807) is 0 Å². The number of ether oxygens (including phenoxy) is 1. The molecule has 1 saturated heterocycles. The molecule has 0 radical (unpaired) electrons. The van der Waals surface area contributed by atoms with Crippen LogP contribution in [0.15, 0.2) is 35.5 Å². The number of aliphatic hydroxyl groups excluding tert-OH is 4. The molecular formula is C15H20KNO9S2. The van der Waals surface area contributed by atoms with E-state index in [1.165, 1.54) is 0 Å². The standard InChI is InChI=1S/C15H21NO9S2.K/c17-8-10-12(18)13(19)14(20)15(24-10)26-11(16-25-27(21,22)23)7-6-9-4-2-1-3-5-9;/h1-5,10,12-15,17-20H,6-8H2,(H,21,22,23);/q;+1/p-1/b16-11+;. The molecule has 0 spiro atoms. The molecule has 2 rings (SSSR count). The van der Waals surface area contributed by atoms with E-state index in [0.29, 0.717) is 6.42 Å². The molecule has 0 saturated carbocycles. The summed E-state index contributed by atoms with van der Waals surface area (Å²) < 4.78 is 41.3. The Morgan fingerprint density at radius 1 is 1.18 bits per heavy atom. The Morgan fingerprint density at radius 3 is 2.39 bits per heavy atom. The van der Waals surface area contributed by atoms with Crippen molar-refractivity contribution >= 4 is 27.2 Å². The number of hydrogen-bond donors (Lipinski definition) is 4. The molecule has 5 unspecified atom stereocenters. The minimum atomic E-state index is -5.07. The van der Waals surface area contributed by atoms with Gasteiger partial charge in [-0.25, -0.2) is 0 Å². The van der Waals surface area contributed by atoms with Crippen molar-refractivity contribution in [3.8, 4) is 0 Å². The summed E-state index contributed by atoms with van der Waals surface area (Å²) in [7, 11) is -5.07. The van der Waals surface area contributed by atoms with Gasteiger partial charge in [0.25, 0.3) is 10.4 Å². The second-order valence-corrected chi connectivity index (χ2v) is 7.91. The van der Waals surface area contributed by atoms with Crippen LogP contribution in [-0.4, -0.2) is 74.9 Å². The van der Waals surface area contributed by atoms with Gasteiger partial charge in [0, 0.05) is 6.42 Å². The van der Waals surface area contributed by atoms with Crippen LogP contribution in [0, 0.1) is 0 Å². The fourth-order valence-corrected chi connectivity index (χ4v) is 3.70. The van der Waals surface area contributed by atoms with Crippen molar-refractivity contribution in [3.05, 3.63) is 35.9 Å². The van der Waals surface area contributed by atoms with Crippen LogP contribution in [0.25, 0.3) is 0 Å². The molecule has 1 aromatic carbocycles. The Morgan fingerprint density at radius 2 is 1.82 bits per heavy atom. The van der Waals surface area contributed by atoms with Crippen molar-refractivity contribution in [1.29, 1.82) is 0 Å². The number of aryl methyl sites for hydroxylation is 1. The van der Waals surface area contributed by atoms with Crippen LogP contribution in [0.3, 0.4) is 0 Å². The summed E-state index contributed by atoms with van der Waals surface area (Å²) in [6.45, 7) is -0.607. The fourth-order valence-electron chi connectivity index (χ4n) is 2.41. The number of rotatable bonds is 7. The summed E-state index contributed by atoms with van der Waals surface area (Å²) in [5, 5.41) is 42.2. The molecule has 10 nitrogen and oxygen atoms in total. The van der Waals surface area contributed by atoms with Gasteiger partial charge in [0.15, 0.2) is 0 Å². The Hall–Kier alpha value is 0.386. The molecule has 1 aromatic rings. The Labute approximate surface area is 209 Å². The second kappa shape index (κ2) is 12.3. The minimum Gasteiger partial charge on any atom is -0.714 e. The molecule has 0 bridgehead atoms. The molecule has 1 fully saturated rings. The maximum absolute atomic E-state index is 10.7. The van der Waals surface area contributed by atoms with E-state index >= 15 is 0 Å². The quantitative estimate of drug-likeness (QED) is 0.0783. The summed E-state index contributed by atoms with van der Waals surface area (Å²) in [6.07, 6.45) is -5.21. The normalized spacial score (nSPS) is 28.5. The monoisotopic (exact) mass is 461 g/mol. The van der Waals surface area contributed by atoms with Crippen LogP contribution in [0.2, 0.25) is 0 Å². The van der Waals surface area contributed by atoms with Crippen LogP contribution in [-0.2, 0) is 25.8 Å². The van der Waals surface area contributed by atoms with Crippen molar-refractivity contribution < 1.29 is 93.8 Å². The van der Waals surface area contributed by atoms with E-state index in [1.807, 2.05) is 30.3 Å². The Bertz CT molecular complexity index is 732. The van der Waals surface area contributed by atoms with E-state index in [-0.39, 0.29) is 62.8 Å². The summed E-state index contributed by atoms with van der Waals surface area (Å²) in [5.74, 6) is 0. The van der Waals surface area contributed by atoms with Crippen molar-refractivity contribution in [2.45, 2.75) is 42.7 Å². The van der Waals surface area contributed by atoms with Gasteiger partial charge in [-0.1, -0.05) is 47.2 Å². The fraction of sp³-hybridized carbons (Fsp3) is 0.533.